The minimum atomic E-state index is -0.177. The Labute approximate surface area is 85.3 Å². The van der Waals surface area contributed by atoms with Crippen LogP contribution in [0.5, 0.6) is 0 Å². The maximum absolute atomic E-state index is 12.6. The third kappa shape index (κ3) is 3.46. The maximum atomic E-state index is 12.6. The first-order chi connectivity index (χ1) is 6.53. The van der Waals surface area contributed by atoms with Gasteiger partial charge in [-0.2, -0.15) is 0 Å². The van der Waals surface area contributed by atoms with E-state index in [1.54, 1.807) is 0 Å². The van der Waals surface area contributed by atoms with Crippen LogP contribution in [-0.2, 0) is 6.54 Å². The number of halogens is 1. The van der Waals surface area contributed by atoms with Gasteiger partial charge < -0.3 is 5.32 Å². The third-order valence-electron chi connectivity index (χ3n) is 2.57. The van der Waals surface area contributed by atoms with E-state index >= 15 is 0 Å². The van der Waals surface area contributed by atoms with Gasteiger partial charge in [0.05, 0.1) is 0 Å². The largest absolute Gasteiger partial charge is 0.308 e. The SMILES string of the molecule is CCC(C)(C)NCc1ccc(F)cc1. The van der Waals surface area contributed by atoms with Crippen molar-refractivity contribution in [2.45, 2.75) is 39.3 Å². The molecular weight excluding hydrogens is 177 g/mol. The number of rotatable bonds is 4. The molecule has 0 unspecified atom stereocenters. The van der Waals surface area contributed by atoms with Crippen LogP contribution in [0.3, 0.4) is 0 Å². The standard InChI is InChI=1S/C12H18FN/c1-4-12(2,3)14-9-10-5-7-11(13)8-6-10/h5-8,14H,4,9H2,1-3H3. The van der Waals surface area contributed by atoms with Crippen LogP contribution in [-0.4, -0.2) is 5.54 Å². The zero-order valence-corrected chi connectivity index (χ0v) is 9.10. The second-order valence-corrected chi connectivity index (χ2v) is 4.22. The Morgan fingerprint density at radius 1 is 1.21 bits per heavy atom. The van der Waals surface area contributed by atoms with E-state index in [-0.39, 0.29) is 11.4 Å². The summed E-state index contributed by atoms with van der Waals surface area (Å²) in [6.07, 6.45) is 1.08. The third-order valence-corrected chi connectivity index (χ3v) is 2.57. The molecule has 1 aromatic carbocycles. The van der Waals surface area contributed by atoms with Gasteiger partial charge in [0, 0.05) is 12.1 Å². The second kappa shape index (κ2) is 4.56. The summed E-state index contributed by atoms with van der Waals surface area (Å²) in [5, 5.41) is 3.42. The van der Waals surface area contributed by atoms with Gasteiger partial charge in [0.15, 0.2) is 0 Å². The molecular formula is C12H18FN. The van der Waals surface area contributed by atoms with Crippen molar-refractivity contribution in [3.63, 3.8) is 0 Å². The molecule has 0 radical (unpaired) electrons. The topological polar surface area (TPSA) is 12.0 Å². The maximum Gasteiger partial charge on any atom is 0.123 e. The first-order valence-electron chi connectivity index (χ1n) is 5.03. The van der Waals surface area contributed by atoms with Crippen LogP contribution >= 0.6 is 0 Å². The lowest BCUT2D eigenvalue weighted by molar-refractivity contribution is 0.374. The van der Waals surface area contributed by atoms with Gasteiger partial charge in [0.25, 0.3) is 0 Å². The molecule has 0 aliphatic heterocycles. The lowest BCUT2D eigenvalue weighted by Gasteiger charge is -2.24. The molecule has 1 rings (SSSR count). The van der Waals surface area contributed by atoms with Crippen molar-refractivity contribution < 1.29 is 4.39 Å². The molecule has 0 aliphatic rings. The van der Waals surface area contributed by atoms with Crippen molar-refractivity contribution in [3.05, 3.63) is 35.6 Å². The molecule has 0 saturated carbocycles. The molecule has 1 aromatic rings. The molecule has 0 aliphatic carbocycles. The van der Waals surface area contributed by atoms with Crippen molar-refractivity contribution in [2.75, 3.05) is 0 Å². The van der Waals surface area contributed by atoms with Crippen molar-refractivity contribution in [3.8, 4) is 0 Å². The van der Waals surface area contributed by atoms with Crippen LogP contribution in [0.1, 0.15) is 32.8 Å². The average Bonchev–Trinajstić information content (AvgIpc) is 2.17. The second-order valence-electron chi connectivity index (χ2n) is 4.22. The number of benzene rings is 1. The van der Waals surface area contributed by atoms with E-state index in [1.807, 2.05) is 12.1 Å². The first kappa shape index (κ1) is 11.2. The van der Waals surface area contributed by atoms with E-state index in [0.29, 0.717) is 0 Å². The zero-order chi connectivity index (χ0) is 10.6. The summed E-state index contributed by atoms with van der Waals surface area (Å²) in [4.78, 5) is 0. The summed E-state index contributed by atoms with van der Waals surface area (Å²) in [5.41, 5.74) is 1.27. The highest BCUT2D eigenvalue weighted by Crippen LogP contribution is 2.09. The minimum Gasteiger partial charge on any atom is -0.308 e. The Bertz CT molecular complexity index is 277. The Kier molecular flexibility index (Phi) is 3.64. The van der Waals surface area contributed by atoms with Gasteiger partial charge in [0.2, 0.25) is 0 Å². The zero-order valence-electron chi connectivity index (χ0n) is 9.10. The highest BCUT2D eigenvalue weighted by Gasteiger charge is 2.12. The van der Waals surface area contributed by atoms with E-state index in [2.05, 4.69) is 26.1 Å². The van der Waals surface area contributed by atoms with E-state index in [4.69, 9.17) is 0 Å². The van der Waals surface area contributed by atoms with Crippen LogP contribution in [0.15, 0.2) is 24.3 Å². The lowest BCUT2D eigenvalue weighted by atomic mass is 10.0. The number of hydrogen-bond acceptors (Lipinski definition) is 1. The van der Waals surface area contributed by atoms with Crippen LogP contribution in [0.2, 0.25) is 0 Å². The molecule has 1 N–H and O–H groups in total. The molecule has 0 heterocycles. The fourth-order valence-corrected chi connectivity index (χ4v) is 1.07. The molecule has 0 amide bonds. The predicted molar refractivity (Wildman–Crippen MR) is 57.6 cm³/mol. The van der Waals surface area contributed by atoms with E-state index in [1.165, 1.54) is 12.1 Å². The number of hydrogen-bond donors (Lipinski definition) is 1. The first-order valence-corrected chi connectivity index (χ1v) is 5.03. The normalized spacial score (nSPS) is 11.7. The molecule has 0 spiro atoms. The number of nitrogens with one attached hydrogen (secondary N) is 1. The Morgan fingerprint density at radius 3 is 2.29 bits per heavy atom. The Morgan fingerprint density at radius 2 is 1.79 bits per heavy atom. The van der Waals surface area contributed by atoms with Gasteiger partial charge in [-0.3, -0.25) is 0 Å². The molecule has 0 aromatic heterocycles. The van der Waals surface area contributed by atoms with Crippen LogP contribution in [0.4, 0.5) is 4.39 Å². The van der Waals surface area contributed by atoms with E-state index in [0.717, 1.165) is 18.5 Å². The highest BCUT2D eigenvalue weighted by molar-refractivity contribution is 5.15. The molecule has 78 valence electrons. The fraction of sp³-hybridized carbons (Fsp3) is 0.500. The van der Waals surface area contributed by atoms with Crippen molar-refractivity contribution in [1.29, 1.82) is 0 Å². The summed E-state index contributed by atoms with van der Waals surface area (Å²) in [5.74, 6) is -0.177. The van der Waals surface area contributed by atoms with Gasteiger partial charge in [-0.25, -0.2) is 4.39 Å². The van der Waals surface area contributed by atoms with Gasteiger partial charge >= 0.3 is 0 Å². The van der Waals surface area contributed by atoms with Crippen molar-refractivity contribution in [2.24, 2.45) is 0 Å². The Balaban J connectivity index is 2.50. The quantitative estimate of drug-likeness (QED) is 0.778. The summed E-state index contributed by atoms with van der Waals surface area (Å²) in [7, 11) is 0. The Hall–Kier alpha value is -0.890. The van der Waals surface area contributed by atoms with E-state index in [9.17, 15) is 4.39 Å². The van der Waals surface area contributed by atoms with Gasteiger partial charge in [-0.1, -0.05) is 19.1 Å². The van der Waals surface area contributed by atoms with Crippen LogP contribution in [0, 0.1) is 5.82 Å². The van der Waals surface area contributed by atoms with Crippen LogP contribution < -0.4 is 5.32 Å². The van der Waals surface area contributed by atoms with Crippen molar-refractivity contribution >= 4 is 0 Å². The lowest BCUT2D eigenvalue weighted by Crippen LogP contribution is -2.37. The molecule has 2 heteroatoms. The summed E-state index contributed by atoms with van der Waals surface area (Å²) < 4.78 is 12.6. The van der Waals surface area contributed by atoms with Gasteiger partial charge in [-0.05, 0) is 38.0 Å². The van der Waals surface area contributed by atoms with E-state index < -0.39 is 0 Å². The average molecular weight is 195 g/mol. The molecule has 0 saturated heterocycles. The smallest absolute Gasteiger partial charge is 0.123 e. The summed E-state index contributed by atoms with van der Waals surface area (Å²) in [6, 6.07) is 6.62. The summed E-state index contributed by atoms with van der Waals surface area (Å²) >= 11 is 0. The van der Waals surface area contributed by atoms with Gasteiger partial charge in [0.1, 0.15) is 5.82 Å². The molecule has 0 fully saturated rings. The fourth-order valence-electron chi connectivity index (χ4n) is 1.07. The highest BCUT2D eigenvalue weighted by atomic mass is 19.1. The molecule has 14 heavy (non-hydrogen) atoms. The minimum absolute atomic E-state index is 0.147. The predicted octanol–water partition coefficient (Wildman–Crippen LogP) is 3.10. The monoisotopic (exact) mass is 195 g/mol. The van der Waals surface area contributed by atoms with Crippen LogP contribution in [0.25, 0.3) is 0 Å². The summed E-state index contributed by atoms with van der Waals surface area (Å²) in [6.45, 7) is 7.27. The molecule has 1 nitrogen and oxygen atoms in total. The van der Waals surface area contributed by atoms with Gasteiger partial charge in [-0.15, -0.1) is 0 Å². The molecule has 0 atom stereocenters. The van der Waals surface area contributed by atoms with Crippen molar-refractivity contribution in [1.82, 2.24) is 5.32 Å². The molecule has 0 bridgehead atoms.